The molecule has 1 aromatic heterocycles. The minimum atomic E-state index is -0.495. The van der Waals surface area contributed by atoms with Crippen LogP contribution in [0.4, 0.5) is 5.69 Å². The van der Waals surface area contributed by atoms with Crippen molar-refractivity contribution in [1.29, 1.82) is 0 Å². The number of amides is 1. The highest BCUT2D eigenvalue weighted by molar-refractivity contribution is 6.42. The average molecular weight is 488 g/mol. The van der Waals surface area contributed by atoms with Crippen LogP contribution in [-0.4, -0.2) is 49.6 Å². The van der Waals surface area contributed by atoms with E-state index < -0.39 is 4.92 Å². The van der Waals surface area contributed by atoms with Crippen molar-refractivity contribution < 1.29 is 14.5 Å². The molecule has 0 atom stereocenters. The van der Waals surface area contributed by atoms with Crippen LogP contribution in [0.3, 0.4) is 0 Å². The molecule has 9 nitrogen and oxygen atoms in total. The van der Waals surface area contributed by atoms with E-state index in [0.29, 0.717) is 52.9 Å². The molecule has 33 heavy (non-hydrogen) atoms. The van der Waals surface area contributed by atoms with E-state index in [9.17, 15) is 19.7 Å². The molecule has 2 heterocycles. The number of benzene rings is 2. The fourth-order valence-corrected chi connectivity index (χ4v) is 4.19. The van der Waals surface area contributed by atoms with Gasteiger partial charge < -0.3 is 4.90 Å². The second-order valence-electron chi connectivity index (χ2n) is 7.77. The number of nitrogens with zero attached hydrogens (tertiary/aromatic N) is 5. The van der Waals surface area contributed by atoms with E-state index in [1.54, 1.807) is 42.2 Å². The Morgan fingerprint density at radius 1 is 1.09 bits per heavy atom. The molecule has 0 aliphatic carbocycles. The summed E-state index contributed by atoms with van der Waals surface area (Å²) >= 11 is 12.0. The number of likely N-dealkylation sites (tertiary alicyclic amines) is 1. The lowest BCUT2D eigenvalue weighted by Crippen LogP contribution is -2.40. The Hall–Kier alpha value is -3.30. The first-order valence-corrected chi connectivity index (χ1v) is 11.0. The number of Topliss-reactive ketones (excluding diaryl/α,β-unsaturated/α-hetero) is 1. The maximum Gasteiger partial charge on any atom is 0.276 e. The molecule has 4 rings (SSSR count). The molecule has 2 aromatic carbocycles. The van der Waals surface area contributed by atoms with Gasteiger partial charge in [0.1, 0.15) is 0 Å². The van der Waals surface area contributed by atoms with Crippen LogP contribution < -0.4 is 0 Å². The van der Waals surface area contributed by atoms with E-state index >= 15 is 0 Å². The van der Waals surface area contributed by atoms with E-state index in [0.717, 1.165) is 0 Å². The summed E-state index contributed by atoms with van der Waals surface area (Å²) in [6, 6.07) is 10.8. The number of hydrogen-bond donors (Lipinski definition) is 0. The summed E-state index contributed by atoms with van der Waals surface area (Å²) in [6.45, 7) is 2.49. The van der Waals surface area contributed by atoms with E-state index in [1.165, 1.54) is 16.8 Å². The Labute approximate surface area is 199 Å². The molecule has 0 bridgehead atoms. The first-order chi connectivity index (χ1) is 15.8. The molecule has 1 aliphatic heterocycles. The van der Waals surface area contributed by atoms with Crippen molar-refractivity contribution in [3.63, 3.8) is 0 Å². The summed E-state index contributed by atoms with van der Waals surface area (Å²) in [5, 5.41) is 19.8. The Morgan fingerprint density at radius 3 is 2.48 bits per heavy atom. The lowest BCUT2D eigenvalue weighted by Gasteiger charge is -2.31. The van der Waals surface area contributed by atoms with Crippen molar-refractivity contribution >= 4 is 40.6 Å². The first-order valence-electron chi connectivity index (χ1n) is 10.2. The zero-order valence-corrected chi connectivity index (χ0v) is 19.1. The number of hydrogen-bond acceptors (Lipinski definition) is 6. The van der Waals surface area contributed by atoms with Crippen molar-refractivity contribution in [2.24, 2.45) is 5.92 Å². The fourth-order valence-electron chi connectivity index (χ4n) is 3.89. The molecule has 1 saturated heterocycles. The number of nitro benzene ring substituents is 1. The van der Waals surface area contributed by atoms with Gasteiger partial charge >= 0.3 is 0 Å². The summed E-state index contributed by atoms with van der Waals surface area (Å²) in [5.41, 5.74) is 1.53. The molecule has 0 unspecified atom stereocenters. The first kappa shape index (κ1) is 22.9. The third-order valence-corrected chi connectivity index (χ3v) is 6.48. The van der Waals surface area contributed by atoms with E-state index in [-0.39, 0.29) is 29.0 Å². The largest absolute Gasteiger partial charge is 0.337 e. The summed E-state index contributed by atoms with van der Waals surface area (Å²) in [6.07, 6.45) is 1.03. The van der Waals surface area contributed by atoms with Crippen molar-refractivity contribution in [2.45, 2.75) is 19.8 Å². The maximum absolute atomic E-state index is 13.1. The molecule has 1 amide bonds. The summed E-state index contributed by atoms with van der Waals surface area (Å²) < 4.78 is 1.40. The van der Waals surface area contributed by atoms with Crippen LogP contribution in [0, 0.1) is 23.0 Å². The van der Waals surface area contributed by atoms with Crippen molar-refractivity contribution in [1.82, 2.24) is 19.9 Å². The third kappa shape index (κ3) is 4.60. The second kappa shape index (κ2) is 9.29. The van der Waals surface area contributed by atoms with Crippen LogP contribution in [0.5, 0.6) is 0 Å². The lowest BCUT2D eigenvalue weighted by atomic mass is 9.89. The SMILES string of the molecule is Cc1c(C(=O)N2CCC(C(=O)c3ccc(Cl)c(Cl)c3)CC2)nnn1-c1cccc([N+](=O)[O-])c1. The number of nitro groups is 1. The minimum absolute atomic E-state index is 0.0199. The molecule has 0 spiro atoms. The van der Waals surface area contributed by atoms with E-state index in [1.807, 2.05) is 0 Å². The third-order valence-electron chi connectivity index (χ3n) is 5.74. The number of piperidine rings is 1. The van der Waals surface area contributed by atoms with Crippen LogP contribution >= 0.6 is 23.2 Å². The average Bonchev–Trinajstić information content (AvgIpc) is 3.21. The zero-order chi connectivity index (χ0) is 23.7. The normalized spacial score (nSPS) is 14.3. The van der Waals surface area contributed by atoms with Gasteiger partial charge in [0.2, 0.25) is 0 Å². The molecule has 1 fully saturated rings. The van der Waals surface area contributed by atoms with Gasteiger partial charge in [-0.05, 0) is 44.0 Å². The van der Waals surface area contributed by atoms with Crippen molar-refractivity contribution in [3.05, 3.63) is 79.6 Å². The van der Waals surface area contributed by atoms with Crippen molar-refractivity contribution in [3.8, 4) is 5.69 Å². The van der Waals surface area contributed by atoms with E-state index in [2.05, 4.69) is 10.3 Å². The Balaban J connectivity index is 1.45. The van der Waals surface area contributed by atoms with Gasteiger partial charge in [0.15, 0.2) is 11.5 Å². The van der Waals surface area contributed by atoms with Gasteiger partial charge in [-0.15, -0.1) is 5.10 Å². The number of aromatic nitrogens is 3. The van der Waals surface area contributed by atoms with Gasteiger partial charge in [-0.2, -0.15) is 0 Å². The summed E-state index contributed by atoms with van der Waals surface area (Å²) in [4.78, 5) is 38.1. The summed E-state index contributed by atoms with van der Waals surface area (Å²) in [5.74, 6) is -0.522. The van der Waals surface area contributed by atoms with Crippen LogP contribution in [0.2, 0.25) is 10.0 Å². The predicted molar refractivity (Wildman–Crippen MR) is 122 cm³/mol. The van der Waals surface area contributed by atoms with Gasteiger partial charge in [0.25, 0.3) is 11.6 Å². The van der Waals surface area contributed by atoms with Crippen LogP contribution in [0.25, 0.3) is 5.69 Å². The number of carbonyl (C=O) groups excluding carboxylic acids is 2. The summed E-state index contributed by atoms with van der Waals surface area (Å²) in [7, 11) is 0. The highest BCUT2D eigenvalue weighted by Gasteiger charge is 2.31. The van der Waals surface area contributed by atoms with Gasteiger partial charge in [-0.1, -0.05) is 34.5 Å². The lowest BCUT2D eigenvalue weighted by molar-refractivity contribution is -0.384. The monoisotopic (exact) mass is 487 g/mol. The Bertz CT molecular complexity index is 1250. The Morgan fingerprint density at radius 2 is 1.82 bits per heavy atom. The zero-order valence-electron chi connectivity index (χ0n) is 17.6. The van der Waals surface area contributed by atoms with Gasteiger partial charge in [-0.25, -0.2) is 4.68 Å². The van der Waals surface area contributed by atoms with Crippen molar-refractivity contribution in [2.75, 3.05) is 13.1 Å². The number of rotatable bonds is 5. The highest BCUT2D eigenvalue weighted by atomic mass is 35.5. The molecule has 0 radical (unpaired) electrons. The molecule has 0 saturated carbocycles. The number of ketones is 1. The molecule has 0 N–H and O–H groups in total. The highest BCUT2D eigenvalue weighted by Crippen LogP contribution is 2.28. The van der Waals surface area contributed by atoms with Gasteiger partial charge in [0.05, 0.1) is 26.3 Å². The van der Waals surface area contributed by atoms with Crippen LogP contribution in [-0.2, 0) is 0 Å². The Kier molecular flexibility index (Phi) is 6.44. The molecule has 1 aliphatic rings. The smallest absolute Gasteiger partial charge is 0.276 e. The van der Waals surface area contributed by atoms with E-state index in [4.69, 9.17) is 23.2 Å². The van der Waals surface area contributed by atoms with Gasteiger partial charge in [0, 0.05) is 36.7 Å². The number of halogens is 2. The minimum Gasteiger partial charge on any atom is -0.337 e. The number of non-ortho nitro benzene ring substituents is 1. The quantitative estimate of drug-likeness (QED) is 0.297. The van der Waals surface area contributed by atoms with Gasteiger partial charge in [-0.3, -0.25) is 19.7 Å². The molecular weight excluding hydrogens is 469 g/mol. The standard InChI is InChI=1S/C22H19Cl2N5O4/c1-13-20(25-26-28(13)16-3-2-4-17(12-16)29(32)33)22(31)27-9-7-14(8-10-27)21(30)15-5-6-18(23)19(24)11-15/h2-6,11-12,14H,7-10H2,1H3. The molecule has 3 aromatic rings. The predicted octanol–water partition coefficient (Wildman–Crippen LogP) is 4.53. The molecular formula is C22H19Cl2N5O4. The topological polar surface area (TPSA) is 111 Å². The number of carbonyl (C=O) groups is 2. The second-order valence-corrected chi connectivity index (χ2v) is 8.59. The maximum atomic E-state index is 13.1. The molecule has 170 valence electrons. The fraction of sp³-hybridized carbons (Fsp3) is 0.273. The van der Waals surface area contributed by atoms with Crippen LogP contribution in [0.1, 0.15) is 39.4 Å². The van der Waals surface area contributed by atoms with Crippen LogP contribution in [0.15, 0.2) is 42.5 Å². The molecule has 11 heteroatoms.